The molecule has 1 N–H and O–H groups in total. The van der Waals surface area contributed by atoms with Crippen LogP contribution in [0.1, 0.15) is 37.0 Å². The average molecular weight is 566 g/mol. The van der Waals surface area contributed by atoms with Crippen LogP contribution in [-0.2, 0) is 26.0 Å². The number of ether oxygens (including phenoxy) is 1. The van der Waals surface area contributed by atoms with E-state index in [4.69, 9.17) is 4.74 Å². The van der Waals surface area contributed by atoms with E-state index in [-0.39, 0.29) is 23.0 Å². The highest BCUT2D eigenvalue weighted by Gasteiger charge is 2.33. The minimum absolute atomic E-state index is 0.0547. The third-order valence-corrected chi connectivity index (χ3v) is 8.47. The summed E-state index contributed by atoms with van der Waals surface area (Å²) >= 11 is 0. The van der Waals surface area contributed by atoms with Gasteiger partial charge in [-0.3, -0.25) is 13.9 Å². The second kappa shape index (κ2) is 14.0. The lowest BCUT2D eigenvalue weighted by molar-refractivity contribution is -0.138. The van der Waals surface area contributed by atoms with Crippen molar-refractivity contribution in [2.75, 3.05) is 31.0 Å². The van der Waals surface area contributed by atoms with Gasteiger partial charge in [-0.2, -0.15) is 0 Å². The first-order valence-electron chi connectivity index (χ1n) is 13.4. The Labute approximate surface area is 238 Å². The summed E-state index contributed by atoms with van der Waals surface area (Å²) < 4.78 is 34.6. The number of hydrogen-bond acceptors (Lipinski definition) is 5. The fourth-order valence-electron chi connectivity index (χ4n) is 4.31. The first kappa shape index (κ1) is 30.7. The molecule has 0 saturated carbocycles. The highest BCUT2D eigenvalue weighted by Crippen LogP contribution is 2.33. The van der Waals surface area contributed by atoms with Crippen LogP contribution in [0.15, 0.2) is 77.7 Å². The minimum atomic E-state index is -4.17. The van der Waals surface area contributed by atoms with Crippen LogP contribution in [0.3, 0.4) is 0 Å². The molecular weight excluding hydrogens is 526 g/mol. The third kappa shape index (κ3) is 7.63. The lowest BCUT2D eigenvalue weighted by Gasteiger charge is -2.32. The molecule has 1 atom stereocenters. The zero-order valence-electron chi connectivity index (χ0n) is 23.9. The number of carbonyl (C=O) groups excluding carboxylic acids is 2. The summed E-state index contributed by atoms with van der Waals surface area (Å²) in [4.78, 5) is 28.4. The number of nitrogens with zero attached hydrogens (tertiary/aromatic N) is 2. The summed E-state index contributed by atoms with van der Waals surface area (Å²) in [5.74, 6) is -0.461. The molecule has 0 spiro atoms. The van der Waals surface area contributed by atoms with Crippen molar-refractivity contribution in [3.8, 4) is 5.75 Å². The molecule has 214 valence electrons. The maximum absolute atomic E-state index is 14.0. The molecule has 3 aromatic carbocycles. The van der Waals surface area contributed by atoms with Crippen molar-refractivity contribution in [1.82, 2.24) is 10.2 Å². The Balaban J connectivity index is 2.04. The molecule has 3 aromatic rings. The van der Waals surface area contributed by atoms with Crippen LogP contribution < -0.4 is 14.4 Å². The minimum Gasteiger partial charge on any atom is -0.495 e. The molecule has 0 fully saturated rings. The number of nitrogens with one attached hydrogen (secondary N) is 1. The smallest absolute Gasteiger partial charge is 0.264 e. The molecule has 0 unspecified atom stereocenters. The van der Waals surface area contributed by atoms with E-state index in [0.29, 0.717) is 18.7 Å². The highest BCUT2D eigenvalue weighted by molar-refractivity contribution is 7.92. The van der Waals surface area contributed by atoms with Crippen molar-refractivity contribution >= 4 is 27.5 Å². The molecule has 0 saturated heterocycles. The molecule has 0 aromatic heterocycles. The standard InChI is InChI=1S/C31H39N3O5S/c1-6-19-32-31(36)25(4)33(20-18-26-10-8-7-9-11-26)30(35)22-34(28-21-24(3)14-17-29(28)39-5)40(37,38)27-15-12-23(2)13-16-27/h7-17,21,25H,6,18-20,22H2,1-5H3,(H,32,36)/t25-/m1/s1. The van der Waals surface area contributed by atoms with Gasteiger partial charge in [-0.1, -0.05) is 61.0 Å². The van der Waals surface area contributed by atoms with E-state index in [2.05, 4.69) is 5.32 Å². The predicted molar refractivity (Wildman–Crippen MR) is 158 cm³/mol. The number of carbonyl (C=O) groups is 2. The van der Waals surface area contributed by atoms with Crippen LogP contribution in [-0.4, -0.2) is 57.9 Å². The monoisotopic (exact) mass is 565 g/mol. The largest absolute Gasteiger partial charge is 0.495 e. The molecule has 0 aliphatic carbocycles. The van der Waals surface area contributed by atoms with E-state index in [0.717, 1.165) is 27.4 Å². The molecule has 3 rings (SSSR count). The van der Waals surface area contributed by atoms with Crippen molar-refractivity contribution in [3.63, 3.8) is 0 Å². The predicted octanol–water partition coefficient (Wildman–Crippen LogP) is 4.49. The molecule has 0 aliphatic heterocycles. The Bertz CT molecular complexity index is 1390. The van der Waals surface area contributed by atoms with Gasteiger partial charge in [0.25, 0.3) is 10.0 Å². The topological polar surface area (TPSA) is 96.0 Å². The molecule has 2 amide bonds. The van der Waals surface area contributed by atoms with Crippen LogP contribution in [0.5, 0.6) is 5.75 Å². The normalized spacial score (nSPS) is 11.9. The van der Waals surface area contributed by atoms with E-state index in [1.165, 1.54) is 24.1 Å². The Morgan fingerprint density at radius 2 is 1.60 bits per heavy atom. The van der Waals surface area contributed by atoms with Gasteiger partial charge in [0.05, 0.1) is 17.7 Å². The fourth-order valence-corrected chi connectivity index (χ4v) is 5.73. The molecule has 0 aliphatic rings. The number of anilines is 1. The van der Waals surface area contributed by atoms with Crippen molar-refractivity contribution in [1.29, 1.82) is 0 Å². The molecular formula is C31H39N3O5S. The molecule has 0 heterocycles. The quantitative estimate of drug-likeness (QED) is 0.329. The van der Waals surface area contributed by atoms with Crippen LogP contribution in [0.4, 0.5) is 5.69 Å². The van der Waals surface area contributed by atoms with Crippen LogP contribution in [0.2, 0.25) is 0 Å². The number of sulfonamides is 1. The van der Waals surface area contributed by atoms with Crippen molar-refractivity contribution in [3.05, 3.63) is 89.5 Å². The van der Waals surface area contributed by atoms with E-state index < -0.39 is 28.5 Å². The van der Waals surface area contributed by atoms with E-state index in [1.807, 2.05) is 57.2 Å². The first-order chi connectivity index (χ1) is 19.1. The van der Waals surface area contributed by atoms with Crippen LogP contribution in [0.25, 0.3) is 0 Å². The summed E-state index contributed by atoms with van der Waals surface area (Å²) in [6.07, 6.45) is 1.27. The Morgan fingerprint density at radius 3 is 2.23 bits per heavy atom. The Hall–Kier alpha value is -3.85. The number of methoxy groups -OCH3 is 1. The van der Waals surface area contributed by atoms with Gasteiger partial charge in [-0.05, 0) is 69.0 Å². The fraction of sp³-hybridized carbons (Fsp3) is 0.355. The number of benzene rings is 3. The SMILES string of the molecule is CCCNC(=O)[C@@H](C)N(CCc1ccccc1)C(=O)CN(c1cc(C)ccc1OC)S(=O)(=O)c1ccc(C)cc1. The second-order valence-electron chi connectivity index (χ2n) is 9.79. The summed E-state index contributed by atoms with van der Waals surface area (Å²) in [5, 5.41) is 2.85. The molecule has 40 heavy (non-hydrogen) atoms. The first-order valence-corrected chi connectivity index (χ1v) is 14.9. The van der Waals surface area contributed by atoms with Gasteiger partial charge in [0.2, 0.25) is 11.8 Å². The average Bonchev–Trinajstić information content (AvgIpc) is 2.95. The van der Waals surface area contributed by atoms with Gasteiger partial charge in [-0.15, -0.1) is 0 Å². The maximum atomic E-state index is 14.0. The molecule has 9 heteroatoms. The second-order valence-corrected chi connectivity index (χ2v) is 11.7. The van der Waals surface area contributed by atoms with Crippen molar-refractivity contribution in [2.24, 2.45) is 0 Å². The summed E-state index contributed by atoms with van der Waals surface area (Å²) in [7, 11) is -2.71. The van der Waals surface area contributed by atoms with Gasteiger partial charge in [-0.25, -0.2) is 8.42 Å². The van der Waals surface area contributed by atoms with Gasteiger partial charge in [0, 0.05) is 13.1 Å². The van der Waals surface area contributed by atoms with Gasteiger partial charge < -0.3 is 15.0 Å². The van der Waals surface area contributed by atoms with E-state index in [9.17, 15) is 18.0 Å². The third-order valence-electron chi connectivity index (χ3n) is 6.69. The van der Waals surface area contributed by atoms with Gasteiger partial charge in [0.15, 0.2) is 0 Å². The molecule has 0 radical (unpaired) electrons. The lowest BCUT2D eigenvalue weighted by Crippen LogP contribution is -2.52. The van der Waals surface area contributed by atoms with Crippen LogP contribution >= 0.6 is 0 Å². The number of rotatable bonds is 13. The van der Waals surface area contributed by atoms with Crippen molar-refractivity contribution in [2.45, 2.75) is 51.5 Å². The Kier molecular flexibility index (Phi) is 10.7. The summed E-state index contributed by atoms with van der Waals surface area (Å²) in [6.45, 7) is 7.55. The van der Waals surface area contributed by atoms with Gasteiger partial charge in [0.1, 0.15) is 18.3 Å². The van der Waals surface area contributed by atoms with Crippen molar-refractivity contribution < 1.29 is 22.7 Å². The number of amides is 2. The number of hydrogen-bond donors (Lipinski definition) is 1. The zero-order chi connectivity index (χ0) is 29.3. The van der Waals surface area contributed by atoms with E-state index in [1.54, 1.807) is 31.2 Å². The van der Waals surface area contributed by atoms with Gasteiger partial charge >= 0.3 is 0 Å². The van der Waals surface area contributed by atoms with E-state index >= 15 is 0 Å². The molecule has 8 nitrogen and oxygen atoms in total. The highest BCUT2D eigenvalue weighted by atomic mass is 32.2. The zero-order valence-corrected chi connectivity index (χ0v) is 24.7. The number of aryl methyl sites for hydroxylation is 2. The lowest BCUT2D eigenvalue weighted by atomic mass is 10.1. The maximum Gasteiger partial charge on any atom is 0.264 e. The summed E-state index contributed by atoms with van der Waals surface area (Å²) in [5.41, 5.74) is 2.97. The molecule has 0 bridgehead atoms. The Morgan fingerprint density at radius 1 is 0.950 bits per heavy atom. The summed E-state index contributed by atoms with van der Waals surface area (Å²) in [6, 6.07) is 20.5. The van der Waals surface area contributed by atoms with Crippen LogP contribution in [0, 0.1) is 13.8 Å².